The maximum atomic E-state index is 13.3. The number of nitrogens with zero attached hydrogens (tertiary/aromatic N) is 2. The summed E-state index contributed by atoms with van der Waals surface area (Å²) < 4.78 is 28.0. The Morgan fingerprint density at radius 1 is 1.27 bits per heavy atom. The van der Waals surface area contributed by atoms with Gasteiger partial charge in [0, 0.05) is 36.3 Å². The topological polar surface area (TPSA) is 92.5 Å². The SMILES string of the molecule is Cc1c([N+](=O)[O-])cccc1S(=O)(=O)N1CCNCC1c1cccc(Cl)c1. The molecule has 1 atom stereocenters. The highest BCUT2D eigenvalue weighted by atomic mass is 35.5. The van der Waals surface area contributed by atoms with Crippen molar-refractivity contribution in [1.82, 2.24) is 9.62 Å². The normalized spacial score (nSPS) is 18.6. The predicted molar refractivity (Wildman–Crippen MR) is 98.8 cm³/mol. The predicted octanol–water partition coefficient (Wildman–Crippen LogP) is 2.89. The Morgan fingerprint density at radius 2 is 2.00 bits per heavy atom. The van der Waals surface area contributed by atoms with Crippen LogP contribution in [-0.2, 0) is 10.0 Å². The molecule has 26 heavy (non-hydrogen) atoms. The highest BCUT2D eigenvalue weighted by Gasteiger charge is 2.36. The first-order valence-electron chi connectivity index (χ1n) is 8.04. The van der Waals surface area contributed by atoms with Gasteiger partial charge in [-0.15, -0.1) is 0 Å². The second-order valence-corrected chi connectivity index (χ2v) is 8.34. The van der Waals surface area contributed by atoms with Gasteiger partial charge in [0.1, 0.15) is 0 Å². The fourth-order valence-electron chi connectivity index (χ4n) is 3.18. The highest BCUT2D eigenvalue weighted by molar-refractivity contribution is 7.89. The molecule has 2 aromatic carbocycles. The van der Waals surface area contributed by atoms with Crippen LogP contribution in [0.15, 0.2) is 47.4 Å². The summed E-state index contributed by atoms with van der Waals surface area (Å²) in [5.74, 6) is 0. The maximum absolute atomic E-state index is 13.3. The number of hydrogen-bond acceptors (Lipinski definition) is 5. The molecule has 1 aliphatic rings. The molecule has 0 aliphatic carbocycles. The number of rotatable bonds is 4. The summed E-state index contributed by atoms with van der Waals surface area (Å²) in [5, 5.41) is 14.9. The van der Waals surface area contributed by atoms with Crippen LogP contribution in [0.25, 0.3) is 0 Å². The summed E-state index contributed by atoms with van der Waals surface area (Å²) in [5.41, 5.74) is 0.706. The second kappa shape index (κ2) is 7.32. The van der Waals surface area contributed by atoms with Crippen molar-refractivity contribution in [2.75, 3.05) is 19.6 Å². The number of nitro benzene ring substituents is 1. The van der Waals surface area contributed by atoms with E-state index in [1.165, 1.54) is 29.4 Å². The van der Waals surface area contributed by atoms with Gasteiger partial charge in [0.15, 0.2) is 0 Å². The number of sulfonamides is 1. The first-order valence-corrected chi connectivity index (χ1v) is 9.86. The highest BCUT2D eigenvalue weighted by Crippen LogP contribution is 2.33. The van der Waals surface area contributed by atoms with Crippen LogP contribution in [0.1, 0.15) is 17.2 Å². The summed E-state index contributed by atoms with van der Waals surface area (Å²) in [6.45, 7) is 2.67. The molecule has 1 aliphatic heterocycles. The molecule has 1 saturated heterocycles. The molecule has 138 valence electrons. The third-order valence-corrected chi connectivity index (χ3v) is 6.75. The van der Waals surface area contributed by atoms with Crippen LogP contribution in [0, 0.1) is 17.0 Å². The van der Waals surface area contributed by atoms with Gasteiger partial charge in [-0.25, -0.2) is 8.42 Å². The zero-order valence-corrected chi connectivity index (χ0v) is 15.6. The van der Waals surface area contributed by atoms with E-state index in [-0.39, 0.29) is 22.7 Å². The van der Waals surface area contributed by atoms with Crippen molar-refractivity contribution in [3.63, 3.8) is 0 Å². The second-order valence-electron chi connectivity index (χ2n) is 6.05. The Hall–Kier alpha value is -2.00. The quantitative estimate of drug-likeness (QED) is 0.634. The molecule has 0 saturated carbocycles. The van der Waals surface area contributed by atoms with Crippen molar-refractivity contribution in [2.24, 2.45) is 0 Å². The Bertz CT molecular complexity index is 949. The Morgan fingerprint density at radius 3 is 2.69 bits per heavy atom. The molecule has 3 rings (SSSR count). The van der Waals surface area contributed by atoms with Crippen molar-refractivity contribution in [2.45, 2.75) is 17.9 Å². The van der Waals surface area contributed by atoms with Gasteiger partial charge >= 0.3 is 0 Å². The van der Waals surface area contributed by atoms with Gasteiger partial charge in [0.05, 0.1) is 15.9 Å². The van der Waals surface area contributed by atoms with Crippen LogP contribution in [0.2, 0.25) is 5.02 Å². The summed E-state index contributed by atoms with van der Waals surface area (Å²) in [7, 11) is -3.91. The van der Waals surface area contributed by atoms with Crippen molar-refractivity contribution in [1.29, 1.82) is 0 Å². The van der Waals surface area contributed by atoms with Gasteiger partial charge < -0.3 is 5.32 Å². The third kappa shape index (κ3) is 3.45. The van der Waals surface area contributed by atoms with E-state index in [9.17, 15) is 18.5 Å². The smallest absolute Gasteiger partial charge is 0.273 e. The van der Waals surface area contributed by atoms with E-state index < -0.39 is 21.0 Å². The maximum Gasteiger partial charge on any atom is 0.273 e. The molecular weight excluding hydrogens is 378 g/mol. The average Bonchev–Trinajstić information content (AvgIpc) is 2.61. The molecule has 0 amide bonds. The zero-order chi connectivity index (χ0) is 18.9. The molecule has 1 unspecified atom stereocenters. The largest absolute Gasteiger partial charge is 0.313 e. The van der Waals surface area contributed by atoms with E-state index in [0.717, 1.165) is 5.56 Å². The Kier molecular flexibility index (Phi) is 5.29. The third-order valence-electron chi connectivity index (χ3n) is 4.47. The van der Waals surface area contributed by atoms with Crippen molar-refractivity contribution in [3.05, 3.63) is 68.7 Å². The first-order chi connectivity index (χ1) is 12.3. The summed E-state index contributed by atoms with van der Waals surface area (Å²) >= 11 is 6.06. The number of nitro groups is 1. The van der Waals surface area contributed by atoms with Gasteiger partial charge in [-0.1, -0.05) is 29.8 Å². The van der Waals surface area contributed by atoms with E-state index in [1.54, 1.807) is 18.2 Å². The number of piperazine rings is 1. The molecule has 1 heterocycles. The monoisotopic (exact) mass is 395 g/mol. The summed E-state index contributed by atoms with van der Waals surface area (Å²) in [4.78, 5) is 10.6. The summed E-state index contributed by atoms with van der Waals surface area (Å²) in [6, 6.07) is 10.7. The number of nitrogens with one attached hydrogen (secondary N) is 1. The van der Waals surface area contributed by atoms with E-state index in [0.29, 0.717) is 18.1 Å². The van der Waals surface area contributed by atoms with Crippen LogP contribution in [-0.4, -0.2) is 37.3 Å². The molecule has 0 aromatic heterocycles. The molecule has 1 fully saturated rings. The minimum Gasteiger partial charge on any atom is -0.313 e. The molecule has 0 spiro atoms. The average molecular weight is 396 g/mol. The lowest BCUT2D eigenvalue weighted by molar-refractivity contribution is -0.385. The molecule has 7 nitrogen and oxygen atoms in total. The van der Waals surface area contributed by atoms with Crippen LogP contribution < -0.4 is 5.32 Å². The lowest BCUT2D eigenvalue weighted by atomic mass is 10.1. The van der Waals surface area contributed by atoms with Gasteiger partial charge in [-0.05, 0) is 30.7 Å². The lowest BCUT2D eigenvalue weighted by Crippen LogP contribution is -2.48. The van der Waals surface area contributed by atoms with E-state index in [4.69, 9.17) is 11.6 Å². The van der Waals surface area contributed by atoms with Crippen molar-refractivity contribution < 1.29 is 13.3 Å². The van der Waals surface area contributed by atoms with Gasteiger partial charge in [-0.2, -0.15) is 4.31 Å². The minimum absolute atomic E-state index is 0.0411. The molecular formula is C17H18ClN3O4S. The molecule has 0 bridgehead atoms. The lowest BCUT2D eigenvalue weighted by Gasteiger charge is -2.35. The first kappa shape index (κ1) is 18.8. The van der Waals surface area contributed by atoms with E-state index >= 15 is 0 Å². The van der Waals surface area contributed by atoms with Gasteiger partial charge in [-0.3, -0.25) is 10.1 Å². The molecule has 2 aromatic rings. The van der Waals surface area contributed by atoms with Crippen LogP contribution >= 0.6 is 11.6 Å². The molecule has 0 radical (unpaired) electrons. The fourth-order valence-corrected chi connectivity index (χ4v) is 5.23. The number of benzene rings is 2. The van der Waals surface area contributed by atoms with Gasteiger partial charge in [0.2, 0.25) is 10.0 Å². The van der Waals surface area contributed by atoms with Crippen LogP contribution in [0.5, 0.6) is 0 Å². The Labute approximate surface area is 156 Å². The van der Waals surface area contributed by atoms with E-state index in [1.807, 2.05) is 6.07 Å². The molecule has 9 heteroatoms. The standard InChI is InChI=1S/C17H18ClN3O4S/c1-12-15(21(22)23)6-3-7-17(12)26(24,25)20-9-8-19-11-16(20)13-4-2-5-14(18)10-13/h2-7,10,16,19H,8-9,11H2,1H3. The minimum atomic E-state index is -3.91. The van der Waals surface area contributed by atoms with Gasteiger partial charge in [0.25, 0.3) is 5.69 Å². The van der Waals surface area contributed by atoms with E-state index in [2.05, 4.69) is 5.32 Å². The van der Waals surface area contributed by atoms with Crippen molar-refractivity contribution >= 4 is 27.3 Å². The zero-order valence-electron chi connectivity index (χ0n) is 14.1. The fraction of sp³-hybridized carbons (Fsp3) is 0.294. The molecule has 1 N–H and O–H groups in total. The summed E-state index contributed by atoms with van der Waals surface area (Å²) in [6.07, 6.45) is 0. The number of hydrogen-bond donors (Lipinski definition) is 1. The van der Waals surface area contributed by atoms with Crippen molar-refractivity contribution in [3.8, 4) is 0 Å². The van der Waals surface area contributed by atoms with Crippen LogP contribution in [0.3, 0.4) is 0 Å². The Balaban J connectivity index is 2.07. The van der Waals surface area contributed by atoms with Crippen LogP contribution in [0.4, 0.5) is 5.69 Å². The number of halogens is 1.